The van der Waals surface area contributed by atoms with Crippen LogP contribution in [-0.2, 0) is 0 Å². The predicted molar refractivity (Wildman–Crippen MR) is 115 cm³/mol. The Balaban J connectivity index is 1.28. The molecule has 1 saturated heterocycles. The quantitative estimate of drug-likeness (QED) is 0.796. The number of carbonyl (C=O) groups excluding carboxylic acids is 3. The Labute approximate surface area is 175 Å². The molecule has 2 aromatic carbocycles. The third-order valence-electron chi connectivity index (χ3n) is 5.47. The van der Waals surface area contributed by atoms with E-state index in [1.165, 1.54) is 12.6 Å². The molecule has 30 heavy (non-hydrogen) atoms. The first-order chi connectivity index (χ1) is 14.5. The molecule has 0 aliphatic carbocycles. The van der Waals surface area contributed by atoms with Crippen LogP contribution in [0.5, 0.6) is 0 Å². The Morgan fingerprint density at radius 2 is 1.67 bits per heavy atom. The third-order valence-corrected chi connectivity index (χ3v) is 5.47. The van der Waals surface area contributed by atoms with Crippen LogP contribution in [0, 0.1) is 0 Å². The lowest BCUT2D eigenvalue weighted by molar-refractivity contribution is 0.0693. The molecule has 154 valence electrons. The average molecular weight is 404 g/mol. The Morgan fingerprint density at radius 3 is 2.40 bits per heavy atom. The number of urea groups is 1. The van der Waals surface area contributed by atoms with E-state index in [1.807, 2.05) is 18.2 Å². The fourth-order valence-corrected chi connectivity index (χ4v) is 3.68. The van der Waals surface area contributed by atoms with Crippen LogP contribution < -0.4 is 5.32 Å². The van der Waals surface area contributed by atoms with Crippen molar-refractivity contribution >= 4 is 29.6 Å². The second kappa shape index (κ2) is 8.51. The molecule has 7 heteroatoms. The number of hydrogen-bond acceptors (Lipinski definition) is 4. The van der Waals surface area contributed by atoms with Crippen molar-refractivity contribution in [2.45, 2.75) is 0 Å². The summed E-state index contributed by atoms with van der Waals surface area (Å²) in [7, 11) is 1.46. The molecule has 0 aromatic heterocycles. The van der Waals surface area contributed by atoms with E-state index in [2.05, 4.69) is 34.5 Å². The molecule has 0 bridgehead atoms. The minimum atomic E-state index is -0.344. The highest BCUT2D eigenvalue weighted by Crippen LogP contribution is 2.25. The normalized spacial score (nSPS) is 17.0. The SMILES string of the molecule is CN1C(=O)c2ccc(NC(=O)N3CCN(C/C=C/c4ccccc4)CC3)cc2C1=O. The van der Waals surface area contributed by atoms with E-state index >= 15 is 0 Å². The number of amides is 4. The maximum absolute atomic E-state index is 12.6. The zero-order valence-corrected chi connectivity index (χ0v) is 16.9. The highest BCUT2D eigenvalue weighted by atomic mass is 16.2. The Kier molecular flexibility index (Phi) is 5.63. The zero-order valence-electron chi connectivity index (χ0n) is 16.9. The number of nitrogens with zero attached hydrogens (tertiary/aromatic N) is 3. The van der Waals surface area contributed by atoms with Gasteiger partial charge in [0, 0.05) is 45.5 Å². The van der Waals surface area contributed by atoms with Gasteiger partial charge in [-0.2, -0.15) is 0 Å². The van der Waals surface area contributed by atoms with E-state index in [1.54, 1.807) is 23.1 Å². The van der Waals surface area contributed by atoms with Gasteiger partial charge in [-0.3, -0.25) is 19.4 Å². The predicted octanol–water partition coefficient (Wildman–Crippen LogP) is 2.78. The van der Waals surface area contributed by atoms with Gasteiger partial charge in [-0.1, -0.05) is 42.5 Å². The molecule has 0 saturated carbocycles. The van der Waals surface area contributed by atoms with E-state index in [9.17, 15) is 14.4 Å². The molecule has 4 amide bonds. The minimum Gasteiger partial charge on any atom is -0.322 e. The molecule has 2 aliphatic heterocycles. The smallest absolute Gasteiger partial charge is 0.321 e. The van der Waals surface area contributed by atoms with Gasteiger partial charge in [0.2, 0.25) is 0 Å². The fraction of sp³-hybridized carbons (Fsp3) is 0.261. The number of anilines is 1. The monoisotopic (exact) mass is 404 g/mol. The Hall–Kier alpha value is -3.45. The maximum Gasteiger partial charge on any atom is 0.321 e. The standard InChI is InChI=1S/C23H24N4O3/c1-25-21(28)19-10-9-18(16-20(19)22(25)29)24-23(30)27-14-12-26(13-15-27)11-5-8-17-6-3-2-4-7-17/h2-10,16H,11-15H2,1H3,(H,24,30)/b8-5+. The zero-order chi connectivity index (χ0) is 21.1. The summed E-state index contributed by atoms with van der Waals surface area (Å²) in [5, 5.41) is 2.84. The van der Waals surface area contributed by atoms with Crippen LogP contribution in [0.25, 0.3) is 6.08 Å². The molecular weight excluding hydrogens is 380 g/mol. The first kappa shape index (κ1) is 19.8. The van der Waals surface area contributed by atoms with E-state index in [-0.39, 0.29) is 17.8 Å². The van der Waals surface area contributed by atoms with Crippen LogP contribution in [0.4, 0.5) is 10.5 Å². The van der Waals surface area contributed by atoms with Gasteiger partial charge in [-0.15, -0.1) is 0 Å². The molecule has 0 spiro atoms. The molecule has 2 aliphatic rings. The summed E-state index contributed by atoms with van der Waals surface area (Å²) in [6.07, 6.45) is 4.25. The Bertz CT molecular complexity index is 995. The lowest BCUT2D eigenvalue weighted by atomic mass is 10.1. The summed E-state index contributed by atoms with van der Waals surface area (Å²) in [6, 6.07) is 14.8. The Morgan fingerprint density at radius 1 is 0.967 bits per heavy atom. The first-order valence-corrected chi connectivity index (χ1v) is 9.99. The van der Waals surface area contributed by atoms with Gasteiger partial charge in [-0.05, 0) is 23.8 Å². The molecule has 2 aromatic rings. The summed E-state index contributed by atoms with van der Waals surface area (Å²) in [5.41, 5.74) is 2.40. The van der Waals surface area contributed by atoms with Crippen LogP contribution in [0.2, 0.25) is 0 Å². The summed E-state index contributed by atoms with van der Waals surface area (Å²) in [5.74, 6) is -0.659. The van der Waals surface area contributed by atoms with Gasteiger partial charge in [-0.25, -0.2) is 4.79 Å². The van der Waals surface area contributed by atoms with Crippen molar-refractivity contribution in [2.75, 3.05) is 45.1 Å². The molecule has 2 heterocycles. The highest BCUT2D eigenvalue weighted by molar-refractivity contribution is 6.21. The lowest BCUT2D eigenvalue weighted by Crippen LogP contribution is -2.49. The van der Waals surface area contributed by atoms with Crippen molar-refractivity contribution in [1.29, 1.82) is 0 Å². The summed E-state index contributed by atoms with van der Waals surface area (Å²) in [6.45, 7) is 3.72. The van der Waals surface area contributed by atoms with Crippen molar-refractivity contribution in [3.05, 3.63) is 71.3 Å². The van der Waals surface area contributed by atoms with Gasteiger partial charge in [0.05, 0.1) is 11.1 Å². The van der Waals surface area contributed by atoms with E-state index in [0.29, 0.717) is 29.9 Å². The lowest BCUT2D eigenvalue weighted by Gasteiger charge is -2.34. The van der Waals surface area contributed by atoms with Crippen LogP contribution in [0.1, 0.15) is 26.3 Å². The number of benzene rings is 2. The summed E-state index contributed by atoms with van der Waals surface area (Å²) < 4.78 is 0. The van der Waals surface area contributed by atoms with Gasteiger partial charge in [0.15, 0.2) is 0 Å². The van der Waals surface area contributed by atoms with E-state index < -0.39 is 0 Å². The molecule has 1 N–H and O–H groups in total. The molecule has 7 nitrogen and oxygen atoms in total. The molecule has 0 atom stereocenters. The van der Waals surface area contributed by atoms with Crippen molar-refractivity contribution in [3.63, 3.8) is 0 Å². The van der Waals surface area contributed by atoms with Gasteiger partial charge in [0.25, 0.3) is 11.8 Å². The topological polar surface area (TPSA) is 73.0 Å². The molecule has 0 radical (unpaired) electrons. The molecular formula is C23H24N4O3. The number of fused-ring (bicyclic) bond motifs is 1. The van der Waals surface area contributed by atoms with Gasteiger partial charge >= 0.3 is 6.03 Å². The van der Waals surface area contributed by atoms with Crippen LogP contribution in [0.3, 0.4) is 0 Å². The largest absolute Gasteiger partial charge is 0.322 e. The first-order valence-electron chi connectivity index (χ1n) is 9.99. The summed E-state index contributed by atoms with van der Waals surface area (Å²) >= 11 is 0. The molecule has 0 unspecified atom stereocenters. The molecule has 1 fully saturated rings. The van der Waals surface area contributed by atoms with Crippen molar-refractivity contribution in [3.8, 4) is 0 Å². The maximum atomic E-state index is 12.6. The number of piperazine rings is 1. The average Bonchev–Trinajstić information content (AvgIpc) is 2.99. The van der Waals surface area contributed by atoms with E-state index in [4.69, 9.17) is 0 Å². The highest BCUT2D eigenvalue weighted by Gasteiger charge is 2.33. The second-order valence-electron chi connectivity index (χ2n) is 7.46. The van der Waals surface area contributed by atoms with Crippen LogP contribution in [0.15, 0.2) is 54.6 Å². The van der Waals surface area contributed by atoms with Crippen LogP contribution >= 0.6 is 0 Å². The minimum absolute atomic E-state index is 0.195. The third kappa shape index (κ3) is 4.11. The fourth-order valence-electron chi connectivity index (χ4n) is 3.68. The number of carbonyl (C=O) groups is 3. The summed E-state index contributed by atoms with van der Waals surface area (Å²) in [4.78, 5) is 41.9. The molecule has 4 rings (SSSR count). The second-order valence-corrected chi connectivity index (χ2v) is 7.46. The number of rotatable bonds is 4. The number of nitrogens with one attached hydrogen (secondary N) is 1. The van der Waals surface area contributed by atoms with Crippen molar-refractivity contribution in [1.82, 2.24) is 14.7 Å². The van der Waals surface area contributed by atoms with Crippen molar-refractivity contribution < 1.29 is 14.4 Å². The number of hydrogen-bond donors (Lipinski definition) is 1. The van der Waals surface area contributed by atoms with Crippen LogP contribution in [-0.4, -0.2) is 72.3 Å². The van der Waals surface area contributed by atoms with Gasteiger partial charge < -0.3 is 10.2 Å². The van der Waals surface area contributed by atoms with Crippen molar-refractivity contribution in [2.24, 2.45) is 0 Å². The van der Waals surface area contributed by atoms with E-state index in [0.717, 1.165) is 24.5 Å². The van der Waals surface area contributed by atoms with Gasteiger partial charge in [0.1, 0.15) is 0 Å². The number of imide groups is 1.